The normalized spacial score (nSPS) is 10.9. The highest BCUT2D eigenvalue weighted by atomic mass is 32.1. The van der Waals surface area contributed by atoms with Crippen LogP contribution in [0.1, 0.15) is 0 Å². The molecule has 0 radical (unpaired) electrons. The molecule has 0 aliphatic carbocycles. The SMILES string of the molecule is C=CCn1cnc2scc(-c3ccc(-c4ccccc4)cc3)c2c1=O. The lowest BCUT2D eigenvalue weighted by atomic mass is 10.0. The van der Waals surface area contributed by atoms with Crippen molar-refractivity contribution in [1.29, 1.82) is 0 Å². The zero-order valence-corrected chi connectivity index (χ0v) is 14.4. The third-order valence-corrected chi connectivity index (χ3v) is 5.08. The monoisotopic (exact) mass is 344 g/mol. The van der Waals surface area contributed by atoms with E-state index in [0.717, 1.165) is 21.5 Å². The lowest BCUT2D eigenvalue weighted by molar-refractivity contribution is 0.769. The van der Waals surface area contributed by atoms with Crippen LogP contribution in [0.5, 0.6) is 0 Å². The van der Waals surface area contributed by atoms with Crippen molar-refractivity contribution in [1.82, 2.24) is 9.55 Å². The first-order chi connectivity index (χ1) is 12.3. The average Bonchev–Trinajstić information content (AvgIpc) is 3.10. The smallest absolute Gasteiger partial charge is 0.262 e. The predicted molar refractivity (Wildman–Crippen MR) is 105 cm³/mol. The molecule has 0 aliphatic heterocycles. The molecule has 0 N–H and O–H groups in total. The molecule has 2 aromatic heterocycles. The van der Waals surface area contributed by atoms with Crippen molar-refractivity contribution < 1.29 is 0 Å². The summed E-state index contributed by atoms with van der Waals surface area (Å²) in [4.78, 5) is 17.9. The van der Waals surface area contributed by atoms with Gasteiger partial charge in [0.1, 0.15) is 4.83 Å². The summed E-state index contributed by atoms with van der Waals surface area (Å²) in [6.45, 7) is 4.16. The van der Waals surface area contributed by atoms with Gasteiger partial charge < -0.3 is 0 Å². The number of aromatic nitrogens is 2. The maximum absolute atomic E-state index is 12.7. The number of fused-ring (bicyclic) bond motifs is 1. The second kappa shape index (κ2) is 6.49. The Morgan fingerprint density at radius 2 is 1.68 bits per heavy atom. The summed E-state index contributed by atoms with van der Waals surface area (Å²) >= 11 is 1.50. The van der Waals surface area contributed by atoms with Crippen molar-refractivity contribution in [2.45, 2.75) is 6.54 Å². The molecule has 0 fully saturated rings. The van der Waals surface area contributed by atoms with E-state index >= 15 is 0 Å². The van der Waals surface area contributed by atoms with Gasteiger partial charge in [-0.1, -0.05) is 60.7 Å². The van der Waals surface area contributed by atoms with Gasteiger partial charge in [0, 0.05) is 17.5 Å². The first-order valence-corrected chi connectivity index (χ1v) is 8.89. The molecule has 122 valence electrons. The van der Waals surface area contributed by atoms with Crippen molar-refractivity contribution in [3.05, 3.63) is 89.3 Å². The summed E-state index contributed by atoms with van der Waals surface area (Å²) in [5.41, 5.74) is 4.29. The van der Waals surface area contributed by atoms with Gasteiger partial charge in [0.15, 0.2) is 0 Å². The van der Waals surface area contributed by atoms with Gasteiger partial charge in [-0.05, 0) is 16.7 Å². The summed E-state index contributed by atoms with van der Waals surface area (Å²) in [6.07, 6.45) is 3.29. The highest BCUT2D eigenvalue weighted by molar-refractivity contribution is 7.17. The number of hydrogen-bond acceptors (Lipinski definition) is 3. The largest absolute Gasteiger partial charge is 0.295 e. The van der Waals surface area contributed by atoms with Crippen LogP contribution in [0.15, 0.2) is 83.8 Å². The van der Waals surface area contributed by atoms with Crippen LogP contribution in [0.25, 0.3) is 32.5 Å². The highest BCUT2D eigenvalue weighted by Gasteiger charge is 2.13. The zero-order chi connectivity index (χ0) is 17.2. The molecule has 0 bridgehead atoms. The summed E-state index contributed by atoms with van der Waals surface area (Å²) in [5, 5.41) is 2.69. The van der Waals surface area contributed by atoms with E-state index in [2.05, 4.69) is 48.0 Å². The van der Waals surface area contributed by atoms with Crippen LogP contribution in [0.2, 0.25) is 0 Å². The fourth-order valence-electron chi connectivity index (χ4n) is 2.92. The van der Waals surface area contributed by atoms with Crippen LogP contribution in [-0.4, -0.2) is 9.55 Å². The molecule has 0 saturated heterocycles. The van der Waals surface area contributed by atoms with Crippen LogP contribution in [0.4, 0.5) is 0 Å². The topological polar surface area (TPSA) is 34.9 Å². The van der Waals surface area contributed by atoms with Crippen molar-refractivity contribution in [2.75, 3.05) is 0 Å². The minimum absolute atomic E-state index is 0.0201. The number of rotatable bonds is 4. The fraction of sp³-hybridized carbons (Fsp3) is 0.0476. The summed E-state index contributed by atoms with van der Waals surface area (Å²) < 4.78 is 1.59. The quantitative estimate of drug-likeness (QED) is 0.490. The molecule has 4 heteroatoms. The van der Waals surface area contributed by atoms with Gasteiger partial charge >= 0.3 is 0 Å². The Morgan fingerprint density at radius 1 is 1.00 bits per heavy atom. The summed E-state index contributed by atoms with van der Waals surface area (Å²) in [6, 6.07) is 18.6. The maximum atomic E-state index is 12.7. The van der Waals surface area contributed by atoms with Gasteiger partial charge in [0.2, 0.25) is 0 Å². The molecular formula is C21H16N2OS. The second-order valence-corrected chi connectivity index (χ2v) is 6.62. The molecule has 0 aliphatic rings. The summed E-state index contributed by atoms with van der Waals surface area (Å²) in [7, 11) is 0. The number of nitrogens with zero attached hydrogens (tertiary/aromatic N) is 2. The Hall–Kier alpha value is -2.98. The standard InChI is InChI=1S/C21H16N2OS/c1-2-12-23-14-22-20-19(21(23)24)18(13-25-20)17-10-8-16(9-11-17)15-6-4-3-5-7-15/h2-11,13-14H,1,12H2. The molecule has 2 aromatic carbocycles. The highest BCUT2D eigenvalue weighted by Crippen LogP contribution is 2.32. The van der Waals surface area contributed by atoms with Gasteiger partial charge in [-0.3, -0.25) is 9.36 Å². The molecule has 0 spiro atoms. The van der Waals surface area contributed by atoms with Crippen LogP contribution in [-0.2, 0) is 6.54 Å². The Morgan fingerprint density at radius 3 is 2.40 bits per heavy atom. The van der Waals surface area contributed by atoms with E-state index in [1.165, 1.54) is 16.9 Å². The molecule has 25 heavy (non-hydrogen) atoms. The van der Waals surface area contributed by atoms with E-state index in [0.29, 0.717) is 11.9 Å². The van der Waals surface area contributed by atoms with Gasteiger partial charge in [-0.15, -0.1) is 17.9 Å². The van der Waals surface area contributed by atoms with Gasteiger partial charge in [-0.2, -0.15) is 0 Å². The number of benzene rings is 2. The molecule has 4 aromatic rings. The predicted octanol–water partition coefficient (Wildman–Crippen LogP) is 4.98. The average molecular weight is 344 g/mol. The number of hydrogen-bond donors (Lipinski definition) is 0. The maximum Gasteiger partial charge on any atom is 0.262 e. The van der Waals surface area contributed by atoms with Crippen molar-refractivity contribution in [3.8, 4) is 22.3 Å². The Labute approximate surface area is 149 Å². The molecular weight excluding hydrogens is 328 g/mol. The molecule has 2 heterocycles. The van der Waals surface area contributed by atoms with Crippen LogP contribution < -0.4 is 5.56 Å². The van der Waals surface area contributed by atoms with Crippen molar-refractivity contribution in [3.63, 3.8) is 0 Å². The van der Waals surface area contributed by atoms with E-state index in [1.807, 2.05) is 23.6 Å². The molecule has 0 unspecified atom stereocenters. The number of thiophene rings is 1. The molecule has 0 atom stereocenters. The first kappa shape index (κ1) is 15.5. The van der Waals surface area contributed by atoms with Gasteiger partial charge in [0.05, 0.1) is 11.7 Å². The lowest BCUT2D eigenvalue weighted by Crippen LogP contribution is -2.19. The molecule has 0 amide bonds. The molecule has 0 saturated carbocycles. The Bertz CT molecular complexity index is 1090. The molecule has 4 rings (SSSR count). The van der Waals surface area contributed by atoms with Crippen LogP contribution in [0.3, 0.4) is 0 Å². The second-order valence-electron chi connectivity index (χ2n) is 5.76. The van der Waals surface area contributed by atoms with E-state index in [9.17, 15) is 4.79 Å². The van der Waals surface area contributed by atoms with E-state index in [-0.39, 0.29) is 5.56 Å². The van der Waals surface area contributed by atoms with E-state index in [4.69, 9.17) is 0 Å². The van der Waals surface area contributed by atoms with Crippen LogP contribution >= 0.6 is 11.3 Å². The van der Waals surface area contributed by atoms with Crippen LogP contribution in [0, 0.1) is 0 Å². The van der Waals surface area contributed by atoms with Crippen molar-refractivity contribution in [2.24, 2.45) is 0 Å². The third-order valence-electron chi connectivity index (χ3n) is 4.19. The van der Waals surface area contributed by atoms with E-state index < -0.39 is 0 Å². The zero-order valence-electron chi connectivity index (χ0n) is 13.6. The van der Waals surface area contributed by atoms with Gasteiger partial charge in [-0.25, -0.2) is 4.98 Å². The van der Waals surface area contributed by atoms with Gasteiger partial charge in [0.25, 0.3) is 5.56 Å². The third kappa shape index (κ3) is 2.81. The molecule has 3 nitrogen and oxygen atoms in total. The Kier molecular flexibility index (Phi) is 4.04. The Balaban J connectivity index is 1.81. The summed E-state index contributed by atoms with van der Waals surface area (Å²) in [5.74, 6) is 0. The van der Waals surface area contributed by atoms with Crippen molar-refractivity contribution >= 4 is 21.6 Å². The fourth-order valence-corrected chi connectivity index (χ4v) is 3.83. The number of allylic oxidation sites excluding steroid dienone is 1. The van der Waals surface area contributed by atoms with E-state index in [1.54, 1.807) is 17.0 Å². The minimum atomic E-state index is -0.0201. The first-order valence-electron chi connectivity index (χ1n) is 8.01. The lowest BCUT2D eigenvalue weighted by Gasteiger charge is -2.05. The minimum Gasteiger partial charge on any atom is -0.295 e.